The lowest BCUT2D eigenvalue weighted by Crippen LogP contribution is -2.10. The Morgan fingerprint density at radius 1 is 1.21 bits per heavy atom. The van der Waals surface area contributed by atoms with Crippen molar-refractivity contribution >= 4 is 5.97 Å². The summed E-state index contributed by atoms with van der Waals surface area (Å²) >= 11 is 0. The smallest absolute Gasteiger partial charge is 0.341 e. The fourth-order valence-electron chi connectivity index (χ4n) is 2.11. The second kappa shape index (κ2) is 6.45. The van der Waals surface area contributed by atoms with Gasteiger partial charge in [-0.1, -0.05) is 12.1 Å². The SMILES string of the molecule is O=C(O)COc1cc(-c2cccc(F)c2)n(-c2ncccc2F)n1. The van der Waals surface area contributed by atoms with Crippen LogP contribution in [0.3, 0.4) is 0 Å². The zero-order valence-electron chi connectivity index (χ0n) is 12.2. The molecule has 0 aliphatic heterocycles. The van der Waals surface area contributed by atoms with Crippen molar-refractivity contribution in [1.82, 2.24) is 14.8 Å². The lowest BCUT2D eigenvalue weighted by atomic mass is 10.1. The van der Waals surface area contributed by atoms with Gasteiger partial charge in [0.05, 0.1) is 5.69 Å². The van der Waals surface area contributed by atoms with Gasteiger partial charge in [-0.25, -0.2) is 23.2 Å². The number of hydrogen-bond acceptors (Lipinski definition) is 4. The first kappa shape index (κ1) is 15.6. The molecule has 3 aromatic rings. The Labute approximate surface area is 135 Å². The Kier molecular flexibility index (Phi) is 4.19. The van der Waals surface area contributed by atoms with Gasteiger partial charge in [-0.05, 0) is 24.3 Å². The normalized spacial score (nSPS) is 10.6. The van der Waals surface area contributed by atoms with Crippen molar-refractivity contribution in [2.45, 2.75) is 0 Å². The highest BCUT2D eigenvalue weighted by atomic mass is 19.1. The van der Waals surface area contributed by atoms with Gasteiger partial charge in [-0.2, -0.15) is 0 Å². The van der Waals surface area contributed by atoms with Crippen molar-refractivity contribution in [3.05, 3.63) is 60.3 Å². The number of rotatable bonds is 5. The van der Waals surface area contributed by atoms with E-state index in [0.29, 0.717) is 11.3 Å². The number of benzene rings is 1. The molecule has 8 heteroatoms. The van der Waals surface area contributed by atoms with E-state index < -0.39 is 24.2 Å². The predicted molar refractivity (Wildman–Crippen MR) is 79.8 cm³/mol. The molecule has 0 radical (unpaired) electrons. The van der Waals surface area contributed by atoms with E-state index in [-0.39, 0.29) is 11.7 Å². The summed E-state index contributed by atoms with van der Waals surface area (Å²) in [7, 11) is 0. The molecule has 122 valence electrons. The molecule has 0 saturated carbocycles. The van der Waals surface area contributed by atoms with Gasteiger partial charge in [0.1, 0.15) is 5.82 Å². The molecule has 6 nitrogen and oxygen atoms in total. The molecule has 0 spiro atoms. The van der Waals surface area contributed by atoms with Crippen LogP contribution in [0.25, 0.3) is 17.1 Å². The summed E-state index contributed by atoms with van der Waals surface area (Å²) in [6.07, 6.45) is 1.38. The Hall–Kier alpha value is -3.29. The van der Waals surface area contributed by atoms with Gasteiger partial charge in [-0.3, -0.25) is 0 Å². The van der Waals surface area contributed by atoms with Crippen molar-refractivity contribution in [3.63, 3.8) is 0 Å². The van der Waals surface area contributed by atoms with Gasteiger partial charge in [0.15, 0.2) is 18.2 Å². The average Bonchev–Trinajstić information content (AvgIpc) is 2.97. The summed E-state index contributed by atoms with van der Waals surface area (Å²) < 4.78 is 33.7. The molecule has 24 heavy (non-hydrogen) atoms. The number of carbonyl (C=O) groups is 1. The van der Waals surface area contributed by atoms with E-state index >= 15 is 0 Å². The van der Waals surface area contributed by atoms with Crippen LogP contribution in [0.2, 0.25) is 0 Å². The van der Waals surface area contributed by atoms with Crippen molar-refractivity contribution in [1.29, 1.82) is 0 Å². The Morgan fingerprint density at radius 2 is 2.04 bits per heavy atom. The minimum atomic E-state index is -1.18. The number of aliphatic carboxylic acids is 1. The minimum Gasteiger partial charge on any atom is -0.479 e. The summed E-state index contributed by atoms with van der Waals surface area (Å²) in [5, 5.41) is 12.7. The summed E-state index contributed by atoms with van der Waals surface area (Å²) in [6, 6.07) is 9.64. The van der Waals surface area contributed by atoms with Crippen LogP contribution in [0.15, 0.2) is 48.7 Å². The first-order chi connectivity index (χ1) is 11.5. The van der Waals surface area contributed by atoms with Crippen LogP contribution in [0.4, 0.5) is 8.78 Å². The zero-order chi connectivity index (χ0) is 17.1. The molecule has 0 fully saturated rings. The van der Waals surface area contributed by atoms with Gasteiger partial charge >= 0.3 is 5.97 Å². The number of halogens is 2. The van der Waals surface area contributed by atoms with E-state index in [1.165, 1.54) is 42.6 Å². The molecule has 0 aliphatic carbocycles. The fraction of sp³-hybridized carbons (Fsp3) is 0.0625. The molecule has 1 aromatic carbocycles. The molecule has 0 unspecified atom stereocenters. The monoisotopic (exact) mass is 331 g/mol. The Balaban J connectivity index is 2.11. The first-order valence-electron chi connectivity index (χ1n) is 6.86. The average molecular weight is 331 g/mol. The maximum Gasteiger partial charge on any atom is 0.341 e. The van der Waals surface area contributed by atoms with Crippen LogP contribution < -0.4 is 4.74 Å². The third kappa shape index (κ3) is 3.22. The molecule has 0 aliphatic rings. The van der Waals surface area contributed by atoms with E-state index in [9.17, 15) is 13.6 Å². The lowest BCUT2D eigenvalue weighted by molar-refractivity contribution is -0.139. The molecular weight excluding hydrogens is 320 g/mol. The van der Waals surface area contributed by atoms with E-state index in [2.05, 4.69) is 10.1 Å². The number of nitrogens with zero attached hydrogens (tertiary/aromatic N) is 3. The number of carboxylic acid groups (broad SMARTS) is 1. The van der Waals surface area contributed by atoms with E-state index in [0.717, 1.165) is 4.68 Å². The molecule has 0 saturated heterocycles. The predicted octanol–water partition coefficient (Wildman–Crippen LogP) is 2.68. The molecule has 0 atom stereocenters. The quantitative estimate of drug-likeness (QED) is 0.778. The van der Waals surface area contributed by atoms with E-state index in [1.807, 2.05) is 0 Å². The van der Waals surface area contributed by atoms with Crippen LogP contribution in [-0.2, 0) is 4.79 Å². The molecule has 0 bridgehead atoms. The lowest BCUT2D eigenvalue weighted by Gasteiger charge is -2.07. The number of pyridine rings is 1. The van der Waals surface area contributed by atoms with E-state index in [1.54, 1.807) is 6.07 Å². The van der Waals surface area contributed by atoms with Crippen molar-refractivity contribution in [2.24, 2.45) is 0 Å². The van der Waals surface area contributed by atoms with E-state index in [4.69, 9.17) is 9.84 Å². The molecule has 0 amide bonds. The van der Waals surface area contributed by atoms with Crippen LogP contribution in [0.5, 0.6) is 5.88 Å². The van der Waals surface area contributed by atoms with Gasteiger partial charge in [0.25, 0.3) is 0 Å². The van der Waals surface area contributed by atoms with Crippen LogP contribution >= 0.6 is 0 Å². The van der Waals surface area contributed by atoms with Gasteiger partial charge in [-0.15, -0.1) is 5.10 Å². The largest absolute Gasteiger partial charge is 0.479 e. The van der Waals surface area contributed by atoms with Crippen molar-refractivity contribution in [3.8, 4) is 23.0 Å². The highest BCUT2D eigenvalue weighted by Gasteiger charge is 2.17. The standard InChI is InChI=1S/C16H11F2N3O3/c17-11-4-1-3-10(7-11)13-8-14(24-9-15(22)23)20-21(13)16-12(18)5-2-6-19-16/h1-8H,9H2,(H,22,23). The van der Waals surface area contributed by atoms with Crippen LogP contribution in [0, 0.1) is 11.6 Å². The summed E-state index contributed by atoms with van der Waals surface area (Å²) in [5.74, 6) is -2.44. The number of hydrogen-bond donors (Lipinski definition) is 1. The maximum atomic E-state index is 14.0. The summed E-state index contributed by atoms with van der Waals surface area (Å²) in [5.41, 5.74) is 0.727. The Morgan fingerprint density at radius 3 is 2.75 bits per heavy atom. The molecular formula is C16H11F2N3O3. The van der Waals surface area contributed by atoms with Crippen molar-refractivity contribution < 1.29 is 23.4 Å². The summed E-state index contributed by atoms with van der Waals surface area (Å²) in [6.45, 7) is -0.607. The first-order valence-corrected chi connectivity index (χ1v) is 6.86. The molecule has 2 heterocycles. The highest BCUT2D eigenvalue weighted by Crippen LogP contribution is 2.27. The second-order valence-electron chi connectivity index (χ2n) is 4.78. The highest BCUT2D eigenvalue weighted by molar-refractivity contribution is 5.68. The molecule has 1 N–H and O–H groups in total. The zero-order valence-corrected chi connectivity index (χ0v) is 12.2. The summed E-state index contributed by atoms with van der Waals surface area (Å²) in [4.78, 5) is 14.5. The second-order valence-corrected chi connectivity index (χ2v) is 4.78. The molecule has 3 rings (SSSR count). The van der Waals surface area contributed by atoms with Gasteiger partial charge in [0.2, 0.25) is 5.88 Å². The van der Waals surface area contributed by atoms with Crippen molar-refractivity contribution in [2.75, 3.05) is 6.61 Å². The van der Waals surface area contributed by atoms with Gasteiger partial charge in [0, 0.05) is 17.8 Å². The minimum absolute atomic E-state index is 0.0401. The molecule has 2 aromatic heterocycles. The fourth-order valence-corrected chi connectivity index (χ4v) is 2.11. The number of aromatic nitrogens is 3. The van der Waals surface area contributed by atoms with Crippen LogP contribution in [0.1, 0.15) is 0 Å². The Bertz CT molecular complexity index is 896. The third-order valence-corrected chi connectivity index (χ3v) is 3.09. The third-order valence-electron chi connectivity index (χ3n) is 3.09. The van der Waals surface area contributed by atoms with Gasteiger partial charge < -0.3 is 9.84 Å². The number of carboxylic acids is 1. The van der Waals surface area contributed by atoms with Crippen LogP contribution in [-0.4, -0.2) is 32.4 Å². The number of ether oxygens (including phenoxy) is 1. The topological polar surface area (TPSA) is 77.2 Å². The maximum absolute atomic E-state index is 14.0.